The first kappa shape index (κ1) is 16.4. The Morgan fingerprint density at radius 3 is 3.00 bits per heavy atom. The Morgan fingerprint density at radius 2 is 2.32 bits per heavy atom. The molecule has 0 aromatic carbocycles. The minimum absolute atomic E-state index is 0.0340. The van der Waals surface area contributed by atoms with E-state index in [1.807, 2.05) is 0 Å². The van der Waals surface area contributed by atoms with Gasteiger partial charge < -0.3 is 4.74 Å². The third-order valence-corrected chi connectivity index (χ3v) is 6.90. The zero-order chi connectivity index (χ0) is 15.6. The fourth-order valence-electron chi connectivity index (χ4n) is 3.50. The van der Waals surface area contributed by atoms with Gasteiger partial charge in [0.15, 0.2) is 0 Å². The summed E-state index contributed by atoms with van der Waals surface area (Å²) in [5.41, 5.74) is 1.33. The van der Waals surface area contributed by atoms with Gasteiger partial charge in [0.05, 0.1) is 11.4 Å². The average Bonchev–Trinajstić information content (AvgIpc) is 3.08. The number of rotatable bonds is 7. The molecule has 0 radical (unpaired) electrons. The van der Waals surface area contributed by atoms with Crippen molar-refractivity contribution in [2.75, 3.05) is 32.0 Å². The average molecular weight is 345 g/mol. The van der Waals surface area contributed by atoms with Crippen LogP contribution in [0.2, 0.25) is 0 Å². The molecule has 2 fully saturated rings. The molecule has 2 aliphatic rings. The predicted molar refractivity (Wildman–Crippen MR) is 88.5 cm³/mol. The molecule has 0 saturated carbocycles. The Labute approximate surface area is 136 Å². The number of nitrogens with one attached hydrogen (secondary N) is 1. The molecular weight excluding hydrogens is 320 g/mol. The van der Waals surface area contributed by atoms with Crippen LogP contribution < -0.4 is 4.72 Å². The van der Waals surface area contributed by atoms with Crippen LogP contribution in [0.25, 0.3) is 0 Å². The van der Waals surface area contributed by atoms with Crippen molar-refractivity contribution < 1.29 is 13.2 Å². The molecule has 0 bridgehead atoms. The zero-order valence-electron chi connectivity index (χ0n) is 13.0. The van der Waals surface area contributed by atoms with Crippen LogP contribution in [0.3, 0.4) is 0 Å². The SMILES string of the molecule is CCS(=O)(=O)NCCC1CCOC12CN(Cc1ccsc1)C2. The highest BCUT2D eigenvalue weighted by atomic mass is 32.2. The summed E-state index contributed by atoms with van der Waals surface area (Å²) in [7, 11) is -3.08. The maximum atomic E-state index is 11.5. The number of nitrogens with zero attached hydrogens (tertiary/aromatic N) is 1. The van der Waals surface area contributed by atoms with Gasteiger partial charge in [-0.25, -0.2) is 13.1 Å². The summed E-state index contributed by atoms with van der Waals surface area (Å²) in [6, 6.07) is 2.17. The summed E-state index contributed by atoms with van der Waals surface area (Å²) >= 11 is 1.73. The van der Waals surface area contributed by atoms with Gasteiger partial charge in [-0.2, -0.15) is 11.3 Å². The lowest BCUT2D eigenvalue weighted by atomic mass is 9.79. The van der Waals surface area contributed by atoms with E-state index in [0.29, 0.717) is 12.5 Å². The minimum Gasteiger partial charge on any atom is -0.372 e. The van der Waals surface area contributed by atoms with E-state index in [9.17, 15) is 8.42 Å². The van der Waals surface area contributed by atoms with E-state index >= 15 is 0 Å². The van der Waals surface area contributed by atoms with Gasteiger partial charge in [-0.1, -0.05) is 0 Å². The standard InChI is InChI=1S/C15H24N2O3S2/c1-2-22(18,19)16-6-3-14-4-7-20-15(14)11-17(12-15)9-13-5-8-21-10-13/h5,8,10,14,16H,2-4,6-7,9,11-12H2,1H3. The lowest BCUT2D eigenvalue weighted by Crippen LogP contribution is -2.64. The molecule has 2 saturated heterocycles. The van der Waals surface area contributed by atoms with Crippen LogP contribution in [0.5, 0.6) is 0 Å². The quantitative estimate of drug-likeness (QED) is 0.817. The van der Waals surface area contributed by atoms with Gasteiger partial charge in [0.2, 0.25) is 10.0 Å². The van der Waals surface area contributed by atoms with Gasteiger partial charge in [-0.05, 0) is 48.1 Å². The van der Waals surface area contributed by atoms with Crippen LogP contribution in [0.1, 0.15) is 25.3 Å². The summed E-state index contributed by atoms with van der Waals surface area (Å²) < 4.78 is 31.7. The van der Waals surface area contributed by atoms with Crippen LogP contribution in [0.4, 0.5) is 0 Å². The fraction of sp³-hybridized carbons (Fsp3) is 0.733. The predicted octanol–water partition coefficient (Wildman–Crippen LogP) is 1.67. The van der Waals surface area contributed by atoms with E-state index in [4.69, 9.17) is 4.74 Å². The maximum absolute atomic E-state index is 11.5. The van der Waals surface area contributed by atoms with Crippen molar-refractivity contribution in [3.05, 3.63) is 22.4 Å². The second-order valence-corrected chi connectivity index (χ2v) is 9.14. The van der Waals surface area contributed by atoms with Gasteiger partial charge in [-0.15, -0.1) is 0 Å². The molecule has 3 heterocycles. The highest BCUT2D eigenvalue weighted by molar-refractivity contribution is 7.89. The second-order valence-electron chi connectivity index (χ2n) is 6.26. The molecule has 3 rings (SSSR count). The normalized spacial score (nSPS) is 24.7. The first-order valence-corrected chi connectivity index (χ1v) is 10.5. The van der Waals surface area contributed by atoms with Crippen molar-refractivity contribution in [2.45, 2.75) is 31.9 Å². The fourth-order valence-corrected chi connectivity index (χ4v) is 4.79. The number of ether oxygens (including phenoxy) is 1. The molecule has 1 aromatic heterocycles. The van der Waals surface area contributed by atoms with E-state index in [0.717, 1.165) is 39.1 Å². The first-order chi connectivity index (χ1) is 10.5. The Balaban J connectivity index is 1.47. The Kier molecular flexibility index (Phi) is 4.89. The van der Waals surface area contributed by atoms with Crippen molar-refractivity contribution in [1.29, 1.82) is 0 Å². The van der Waals surface area contributed by atoms with Crippen LogP contribution in [-0.2, 0) is 21.3 Å². The number of sulfonamides is 1. The van der Waals surface area contributed by atoms with Gasteiger partial charge >= 0.3 is 0 Å². The highest BCUT2D eigenvalue weighted by Crippen LogP contribution is 2.42. The van der Waals surface area contributed by atoms with Crippen LogP contribution in [-0.4, -0.2) is 50.9 Å². The van der Waals surface area contributed by atoms with Gasteiger partial charge in [-0.3, -0.25) is 4.90 Å². The molecule has 22 heavy (non-hydrogen) atoms. The summed E-state index contributed by atoms with van der Waals surface area (Å²) in [6.07, 6.45) is 1.91. The first-order valence-electron chi connectivity index (χ1n) is 7.88. The van der Waals surface area contributed by atoms with Crippen molar-refractivity contribution >= 4 is 21.4 Å². The third-order valence-electron chi connectivity index (χ3n) is 4.76. The topological polar surface area (TPSA) is 58.6 Å². The minimum atomic E-state index is -3.08. The second kappa shape index (κ2) is 6.57. The summed E-state index contributed by atoms with van der Waals surface area (Å²) in [6.45, 7) is 5.91. The zero-order valence-corrected chi connectivity index (χ0v) is 14.6. The molecule has 2 aliphatic heterocycles. The lowest BCUT2D eigenvalue weighted by Gasteiger charge is -2.50. The smallest absolute Gasteiger partial charge is 0.211 e. The maximum Gasteiger partial charge on any atom is 0.211 e. The Bertz CT molecular complexity index is 580. The van der Waals surface area contributed by atoms with E-state index in [-0.39, 0.29) is 11.4 Å². The number of hydrogen-bond donors (Lipinski definition) is 1. The molecule has 7 heteroatoms. The van der Waals surface area contributed by atoms with Gasteiger partial charge in [0.25, 0.3) is 0 Å². The monoisotopic (exact) mass is 344 g/mol. The van der Waals surface area contributed by atoms with E-state index < -0.39 is 10.0 Å². The molecule has 124 valence electrons. The van der Waals surface area contributed by atoms with E-state index in [1.165, 1.54) is 5.56 Å². The molecule has 5 nitrogen and oxygen atoms in total. The summed E-state index contributed by atoms with van der Waals surface area (Å²) in [5.74, 6) is 0.610. The molecule has 1 aromatic rings. The number of likely N-dealkylation sites (tertiary alicyclic amines) is 1. The Hall–Kier alpha value is -0.470. The van der Waals surface area contributed by atoms with Gasteiger partial charge in [0.1, 0.15) is 0 Å². The molecule has 0 aliphatic carbocycles. The van der Waals surface area contributed by atoms with Crippen LogP contribution >= 0.6 is 11.3 Å². The van der Waals surface area contributed by atoms with Crippen molar-refractivity contribution in [3.8, 4) is 0 Å². The van der Waals surface area contributed by atoms with Crippen LogP contribution in [0.15, 0.2) is 16.8 Å². The summed E-state index contributed by atoms with van der Waals surface area (Å²) in [4.78, 5) is 2.41. The van der Waals surface area contributed by atoms with Gasteiger partial charge in [0, 0.05) is 32.8 Å². The highest BCUT2D eigenvalue weighted by Gasteiger charge is 2.52. The number of thiophene rings is 1. The molecular formula is C15H24N2O3S2. The third kappa shape index (κ3) is 3.54. The van der Waals surface area contributed by atoms with E-state index in [1.54, 1.807) is 18.3 Å². The molecule has 1 atom stereocenters. The molecule has 0 amide bonds. The molecule has 1 N–H and O–H groups in total. The Morgan fingerprint density at radius 1 is 1.50 bits per heavy atom. The largest absolute Gasteiger partial charge is 0.372 e. The van der Waals surface area contributed by atoms with E-state index in [2.05, 4.69) is 26.4 Å². The van der Waals surface area contributed by atoms with Crippen LogP contribution in [0, 0.1) is 5.92 Å². The van der Waals surface area contributed by atoms with Crippen molar-refractivity contribution in [1.82, 2.24) is 9.62 Å². The van der Waals surface area contributed by atoms with Crippen molar-refractivity contribution in [2.24, 2.45) is 5.92 Å². The number of hydrogen-bond acceptors (Lipinski definition) is 5. The molecule has 1 spiro atoms. The summed E-state index contributed by atoms with van der Waals surface area (Å²) in [5, 5.41) is 4.30. The molecule has 1 unspecified atom stereocenters. The van der Waals surface area contributed by atoms with Crippen molar-refractivity contribution in [3.63, 3.8) is 0 Å². The lowest BCUT2D eigenvalue weighted by molar-refractivity contribution is -0.136.